The van der Waals surface area contributed by atoms with Gasteiger partial charge in [0.1, 0.15) is 5.78 Å². The van der Waals surface area contributed by atoms with Crippen LogP contribution >= 0.6 is 44.3 Å². The summed E-state index contributed by atoms with van der Waals surface area (Å²) in [5.41, 5.74) is 0. The van der Waals surface area contributed by atoms with Crippen molar-refractivity contribution in [3.8, 4) is 0 Å². The molecule has 0 aromatic rings. The predicted octanol–water partition coefficient (Wildman–Crippen LogP) is 2.97. The zero-order chi connectivity index (χ0) is 8.08. The van der Waals surface area contributed by atoms with Crippen molar-refractivity contribution in [2.75, 3.05) is 0 Å². The van der Waals surface area contributed by atoms with Crippen molar-refractivity contribution < 1.29 is 4.79 Å². The fourth-order valence-electron chi connectivity index (χ4n) is 0. The van der Waals surface area contributed by atoms with Crippen LogP contribution in [-0.2, 0) is 4.79 Å². The molecular weight excluding hydrogens is 222 g/mol. The van der Waals surface area contributed by atoms with Gasteiger partial charge in [0, 0.05) is 0 Å². The summed E-state index contributed by atoms with van der Waals surface area (Å²) in [5, 5.41) is -2.72. The summed E-state index contributed by atoms with van der Waals surface area (Å²) in [4.78, 5) is 9.44. The van der Waals surface area contributed by atoms with Gasteiger partial charge in [0.25, 0.3) is 0 Å². The molecule has 0 N–H and O–H groups in total. The van der Waals surface area contributed by atoms with Crippen LogP contribution in [0.25, 0.3) is 0 Å². The van der Waals surface area contributed by atoms with Gasteiger partial charge in [-0.2, -0.15) is 0 Å². The summed E-state index contributed by atoms with van der Waals surface area (Å²) in [7, 11) is 0. The van der Waals surface area contributed by atoms with Gasteiger partial charge in [-0.25, -0.2) is 0 Å². The van der Waals surface area contributed by atoms with Gasteiger partial charge in [0.2, 0.25) is 0 Å². The number of Topliss-reactive ketones (excluding diaryl/α,β-unsaturated/α-hetero) is 1. The van der Waals surface area contributed by atoms with Gasteiger partial charge >= 0.3 is 5.31 Å². The number of halogens is 4. The zero-order valence-corrected chi connectivity index (χ0v) is 8.94. The predicted molar refractivity (Wildman–Crippen MR) is 45.5 cm³/mol. The minimum Gasteiger partial charge on any atom is -0.300 e. The smallest absolute Gasteiger partial charge is 0.300 e. The quantitative estimate of drug-likeness (QED) is 0.460. The molecule has 0 aliphatic heterocycles. The summed E-state index contributed by atoms with van der Waals surface area (Å²) >= 11 is 19.9. The zero-order valence-electron chi connectivity index (χ0n) is 4.92. The number of ketones is 1. The first-order chi connectivity index (χ1) is 3.73. The molecule has 0 aliphatic carbocycles. The molecule has 0 saturated carbocycles. The monoisotopic (exact) mass is 226 g/mol. The van der Waals surface area contributed by atoms with E-state index in [2.05, 4.69) is 0 Å². The molecule has 6 heteroatoms. The van der Waals surface area contributed by atoms with Crippen molar-refractivity contribution in [3.05, 3.63) is 0 Å². The number of hydrogen-bond donors (Lipinski definition) is 0. The highest BCUT2D eigenvalue weighted by Crippen LogP contribution is 2.23. The SMILES string of the molecule is CC(C)=O.Cl[Si](Cl)(Cl)Cl. The Bertz CT molecular complexity index is 78.3. The minimum atomic E-state index is -2.72. The van der Waals surface area contributed by atoms with Crippen LogP contribution in [0.15, 0.2) is 0 Å². The van der Waals surface area contributed by atoms with Gasteiger partial charge in [0.15, 0.2) is 0 Å². The number of carbonyl (C=O) groups is 1. The number of carbonyl (C=O) groups excluding carboxylic acids is 1. The third-order valence-electron chi connectivity index (χ3n) is 0. The fraction of sp³-hybridized carbons (Fsp3) is 0.667. The molecule has 0 aromatic carbocycles. The van der Waals surface area contributed by atoms with Crippen molar-refractivity contribution in [2.45, 2.75) is 13.8 Å². The standard InChI is InChI=1S/C3H6O.Cl4Si/c1-3(2)4;1-5(2,3)4/h1-2H3;. The molecule has 0 amide bonds. The highest BCUT2D eigenvalue weighted by atomic mass is 36.0. The van der Waals surface area contributed by atoms with Gasteiger partial charge in [-0.1, -0.05) is 0 Å². The molecule has 0 aliphatic rings. The molecule has 56 valence electrons. The summed E-state index contributed by atoms with van der Waals surface area (Å²) in [6.45, 7) is 3.06. The van der Waals surface area contributed by atoms with Crippen LogP contribution in [0.1, 0.15) is 13.8 Å². The van der Waals surface area contributed by atoms with Gasteiger partial charge in [0.05, 0.1) is 0 Å². The van der Waals surface area contributed by atoms with E-state index in [0.29, 0.717) is 0 Å². The van der Waals surface area contributed by atoms with Gasteiger partial charge in [-0.15, -0.1) is 44.3 Å². The van der Waals surface area contributed by atoms with Crippen molar-refractivity contribution in [2.24, 2.45) is 0 Å². The lowest BCUT2D eigenvalue weighted by atomic mass is 10.6. The first-order valence-corrected chi connectivity index (χ1v) is 8.01. The first-order valence-electron chi connectivity index (χ1n) is 1.96. The highest BCUT2D eigenvalue weighted by molar-refractivity contribution is 7.81. The molecule has 0 atom stereocenters. The van der Waals surface area contributed by atoms with E-state index in [1.165, 1.54) is 13.8 Å². The van der Waals surface area contributed by atoms with Crippen LogP contribution in [0.3, 0.4) is 0 Å². The van der Waals surface area contributed by atoms with Crippen LogP contribution in [0.5, 0.6) is 0 Å². The average molecular weight is 228 g/mol. The van der Waals surface area contributed by atoms with Crippen LogP contribution in [0.2, 0.25) is 0 Å². The first kappa shape index (κ1) is 12.7. The lowest BCUT2D eigenvalue weighted by molar-refractivity contribution is -0.114. The third-order valence-corrected chi connectivity index (χ3v) is 0. The molecule has 0 unspecified atom stereocenters. The molecule has 1 nitrogen and oxygen atoms in total. The van der Waals surface area contributed by atoms with Crippen LogP contribution < -0.4 is 0 Å². The van der Waals surface area contributed by atoms with Gasteiger partial charge < -0.3 is 4.79 Å². The summed E-state index contributed by atoms with van der Waals surface area (Å²) < 4.78 is 0. The molecule has 0 bridgehead atoms. The van der Waals surface area contributed by atoms with Crippen molar-refractivity contribution >= 4 is 55.4 Å². The van der Waals surface area contributed by atoms with Gasteiger partial charge in [-0.05, 0) is 13.8 Å². The van der Waals surface area contributed by atoms with Crippen LogP contribution in [-0.4, -0.2) is 11.1 Å². The molecule has 0 saturated heterocycles. The Hall–Kier alpha value is 1.05. The van der Waals surface area contributed by atoms with Crippen molar-refractivity contribution in [3.63, 3.8) is 0 Å². The van der Waals surface area contributed by atoms with E-state index in [9.17, 15) is 4.79 Å². The summed E-state index contributed by atoms with van der Waals surface area (Å²) in [6, 6.07) is 0. The normalized spacial score (nSPS) is 9.56. The summed E-state index contributed by atoms with van der Waals surface area (Å²) in [5.74, 6) is 0.167. The Morgan fingerprint density at radius 1 is 1.11 bits per heavy atom. The Kier molecular flexibility index (Phi) is 8.19. The van der Waals surface area contributed by atoms with E-state index < -0.39 is 5.31 Å². The van der Waals surface area contributed by atoms with Crippen LogP contribution in [0, 0.1) is 0 Å². The Balaban J connectivity index is 0. The second kappa shape index (κ2) is 5.80. The lowest BCUT2D eigenvalue weighted by Gasteiger charge is -1.85. The van der Waals surface area contributed by atoms with E-state index in [-0.39, 0.29) is 5.78 Å². The fourth-order valence-corrected chi connectivity index (χ4v) is 0. The topological polar surface area (TPSA) is 17.1 Å². The maximum atomic E-state index is 9.44. The molecule has 0 spiro atoms. The van der Waals surface area contributed by atoms with E-state index in [4.69, 9.17) is 44.3 Å². The van der Waals surface area contributed by atoms with E-state index >= 15 is 0 Å². The van der Waals surface area contributed by atoms with E-state index in [1.54, 1.807) is 0 Å². The maximum absolute atomic E-state index is 9.44. The maximum Gasteiger partial charge on any atom is 0.440 e. The molecule has 0 aromatic heterocycles. The molecule has 0 heterocycles. The second-order valence-electron chi connectivity index (χ2n) is 1.34. The van der Waals surface area contributed by atoms with Gasteiger partial charge in [-0.3, -0.25) is 0 Å². The lowest BCUT2D eigenvalue weighted by Crippen LogP contribution is -1.91. The average Bonchev–Trinajstić information content (AvgIpc) is 1.19. The summed E-state index contributed by atoms with van der Waals surface area (Å²) in [6.07, 6.45) is 0. The van der Waals surface area contributed by atoms with E-state index in [0.717, 1.165) is 0 Å². The minimum absolute atomic E-state index is 0.167. The molecule has 9 heavy (non-hydrogen) atoms. The third kappa shape index (κ3) is 410. The Labute approximate surface area is 74.1 Å². The second-order valence-corrected chi connectivity index (χ2v) is 12.5. The molecule has 0 radical (unpaired) electrons. The number of rotatable bonds is 0. The largest absolute Gasteiger partial charge is 0.440 e. The Morgan fingerprint density at radius 3 is 1.11 bits per heavy atom. The highest BCUT2D eigenvalue weighted by Gasteiger charge is 2.19. The van der Waals surface area contributed by atoms with Crippen molar-refractivity contribution in [1.29, 1.82) is 0 Å². The van der Waals surface area contributed by atoms with Crippen LogP contribution in [0.4, 0.5) is 0 Å². The van der Waals surface area contributed by atoms with E-state index in [1.807, 2.05) is 0 Å². The Morgan fingerprint density at radius 2 is 1.11 bits per heavy atom. The molecular formula is C3H6Cl4OSi. The van der Waals surface area contributed by atoms with Crippen molar-refractivity contribution in [1.82, 2.24) is 0 Å². The number of hydrogen-bond acceptors (Lipinski definition) is 1. The molecule has 0 rings (SSSR count). The molecule has 0 fully saturated rings.